The molecular formula is C17H12F4N2O4S. The number of aromatic nitrogens is 2. The van der Waals surface area contributed by atoms with Crippen molar-refractivity contribution in [2.45, 2.75) is 12.1 Å². The molecule has 11 heteroatoms. The van der Waals surface area contributed by atoms with Crippen LogP contribution in [-0.2, 0) is 15.6 Å². The molecule has 0 amide bonds. The predicted octanol–water partition coefficient (Wildman–Crippen LogP) is 3.56. The van der Waals surface area contributed by atoms with Gasteiger partial charge in [-0.2, -0.15) is 8.78 Å². The summed E-state index contributed by atoms with van der Waals surface area (Å²) in [6.45, 7) is 1.67. The zero-order chi connectivity index (χ0) is 20.8. The molecule has 1 heterocycles. The SMILES string of the molecule is Cc1ccc(-c2nnc(S(C)=O)o2)cc1.O=COc1c(F)c(F)cc(F)c1F. The molecule has 1 aromatic heterocycles. The average Bonchev–Trinajstić information content (AvgIpc) is 3.15. The first-order valence-electron chi connectivity index (χ1n) is 7.41. The molecule has 1 unspecified atom stereocenters. The van der Waals surface area contributed by atoms with Gasteiger partial charge in [0, 0.05) is 17.9 Å². The first-order valence-corrected chi connectivity index (χ1v) is 8.97. The molecule has 0 fully saturated rings. The van der Waals surface area contributed by atoms with E-state index in [2.05, 4.69) is 14.9 Å². The minimum atomic E-state index is -1.74. The molecule has 0 N–H and O–H groups in total. The summed E-state index contributed by atoms with van der Waals surface area (Å²) in [5.41, 5.74) is 2.00. The molecule has 3 rings (SSSR count). The van der Waals surface area contributed by atoms with Crippen LogP contribution >= 0.6 is 0 Å². The second-order valence-electron chi connectivity index (χ2n) is 5.20. The van der Waals surface area contributed by atoms with Gasteiger partial charge >= 0.3 is 5.22 Å². The second-order valence-corrected chi connectivity index (χ2v) is 6.46. The lowest BCUT2D eigenvalue weighted by Gasteiger charge is -2.02. The van der Waals surface area contributed by atoms with Gasteiger partial charge in [0.05, 0.1) is 0 Å². The minimum Gasteiger partial charge on any atom is -0.422 e. The Kier molecular flexibility index (Phi) is 6.99. The number of carbonyl (C=O) groups is 1. The van der Waals surface area contributed by atoms with Gasteiger partial charge in [0.2, 0.25) is 23.3 Å². The van der Waals surface area contributed by atoms with E-state index < -0.39 is 39.8 Å². The van der Waals surface area contributed by atoms with Crippen molar-refractivity contribution in [3.05, 3.63) is 59.2 Å². The van der Waals surface area contributed by atoms with Crippen LogP contribution in [-0.4, -0.2) is 27.1 Å². The molecule has 2 aromatic carbocycles. The summed E-state index contributed by atoms with van der Waals surface area (Å²) in [5.74, 6) is -7.73. The van der Waals surface area contributed by atoms with Gasteiger partial charge in [-0.25, -0.2) is 13.0 Å². The highest BCUT2D eigenvalue weighted by Crippen LogP contribution is 2.25. The molecular weight excluding hydrogens is 404 g/mol. The highest BCUT2D eigenvalue weighted by molar-refractivity contribution is 7.84. The number of hydrogen-bond donors (Lipinski definition) is 0. The fourth-order valence-electron chi connectivity index (χ4n) is 1.84. The molecule has 0 bridgehead atoms. The van der Waals surface area contributed by atoms with Gasteiger partial charge in [0.15, 0.2) is 11.6 Å². The van der Waals surface area contributed by atoms with Crippen molar-refractivity contribution < 1.29 is 35.7 Å². The molecule has 0 aliphatic rings. The van der Waals surface area contributed by atoms with Crippen molar-refractivity contribution in [2.24, 2.45) is 0 Å². The van der Waals surface area contributed by atoms with E-state index in [0.717, 1.165) is 11.1 Å². The number of ether oxygens (including phenoxy) is 1. The van der Waals surface area contributed by atoms with Crippen LogP contribution in [0.5, 0.6) is 5.75 Å². The largest absolute Gasteiger partial charge is 0.422 e. The van der Waals surface area contributed by atoms with Crippen LogP contribution in [0.2, 0.25) is 0 Å². The van der Waals surface area contributed by atoms with Gasteiger partial charge in [-0.05, 0) is 19.1 Å². The predicted molar refractivity (Wildman–Crippen MR) is 89.8 cm³/mol. The maximum absolute atomic E-state index is 12.6. The van der Waals surface area contributed by atoms with Gasteiger partial charge in [-0.3, -0.25) is 4.79 Å². The highest BCUT2D eigenvalue weighted by Gasteiger charge is 2.20. The van der Waals surface area contributed by atoms with Gasteiger partial charge in [0.25, 0.3) is 6.47 Å². The molecule has 0 aliphatic carbocycles. The van der Waals surface area contributed by atoms with Gasteiger partial charge in [-0.1, -0.05) is 22.8 Å². The summed E-state index contributed by atoms with van der Waals surface area (Å²) in [5, 5.41) is 7.68. The molecule has 0 saturated carbocycles. The Morgan fingerprint density at radius 1 is 1.04 bits per heavy atom. The van der Waals surface area contributed by atoms with Crippen molar-refractivity contribution in [2.75, 3.05) is 6.26 Å². The Morgan fingerprint density at radius 2 is 1.61 bits per heavy atom. The van der Waals surface area contributed by atoms with Crippen LogP contribution in [0.15, 0.2) is 40.0 Å². The molecule has 0 radical (unpaired) electrons. The van der Waals surface area contributed by atoms with Crippen LogP contribution in [0, 0.1) is 30.2 Å². The van der Waals surface area contributed by atoms with Crippen LogP contribution < -0.4 is 4.74 Å². The third-order valence-corrected chi connectivity index (χ3v) is 3.85. The Hall–Kier alpha value is -3.08. The number of carbonyl (C=O) groups excluding carboxylic acids is 1. The first-order chi connectivity index (χ1) is 13.2. The molecule has 0 aliphatic heterocycles. The lowest BCUT2D eigenvalue weighted by Crippen LogP contribution is -2.01. The Morgan fingerprint density at radius 3 is 2.07 bits per heavy atom. The Balaban J connectivity index is 0.000000203. The number of aryl methyl sites for hydroxylation is 1. The van der Waals surface area contributed by atoms with Gasteiger partial charge in [0.1, 0.15) is 10.8 Å². The van der Waals surface area contributed by atoms with Crippen LogP contribution in [0.1, 0.15) is 5.56 Å². The number of halogens is 4. The third-order valence-electron chi connectivity index (χ3n) is 3.19. The van der Waals surface area contributed by atoms with E-state index in [9.17, 15) is 26.6 Å². The molecule has 3 aromatic rings. The summed E-state index contributed by atoms with van der Waals surface area (Å²) < 4.78 is 69.9. The van der Waals surface area contributed by atoms with E-state index >= 15 is 0 Å². The van der Waals surface area contributed by atoms with Crippen LogP contribution in [0.4, 0.5) is 17.6 Å². The summed E-state index contributed by atoms with van der Waals surface area (Å²) in [7, 11) is -1.23. The fraction of sp³-hybridized carbons (Fsp3) is 0.118. The monoisotopic (exact) mass is 416 g/mol. The topological polar surface area (TPSA) is 82.3 Å². The van der Waals surface area contributed by atoms with E-state index in [1.165, 1.54) is 6.26 Å². The molecule has 148 valence electrons. The van der Waals surface area contributed by atoms with Crippen LogP contribution in [0.3, 0.4) is 0 Å². The second kappa shape index (κ2) is 9.22. The van der Waals surface area contributed by atoms with Gasteiger partial charge < -0.3 is 9.15 Å². The maximum atomic E-state index is 12.6. The molecule has 0 spiro atoms. The smallest absolute Gasteiger partial charge is 0.307 e. The first kappa shape index (κ1) is 21.2. The molecule has 28 heavy (non-hydrogen) atoms. The summed E-state index contributed by atoms with van der Waals surface area (Å²) in [6.07, 6.45) is 1.51. The van der Waals surface area contributed by atoms with Crippen molar-refractivity contribution >= 4 is 17.3 Å². The molecule has 6 nitrogen and oxygen atoms in total. The number of nitrogens with zero attached hydrogens (tertiary/aromatic N) is 2. The number of benzene rings is 2. The average molecular weight is 416 g/mol. The lowest BCUT2D eigenvalue weighted by atomic mass is 10.1. The number of rotatable bonds is 4. The van der Waals surface area contributed by atoms with E-state index in [1.54, 1.807) is 0 Å². The van der Waals surface area contributed by atoms with E-state index in [4.69, 9.17) is 4.42 Å². The van der Waals surface area contributed by atoms with E-state index in [-0.39, 0.29) is 17.8 Å². The van der Waals surface area contributed by atoms with E-state index in [1.807, 2.05) is 31.2 Å². The highest BCUT2D eigenvalue weighted by atomic mass is 32.2. The van der Waals surface area contributed by atoms with Crippen molar-refractivity contribution in [1.82, 2.24) is 10.2 Å². The zero-order valence-corrected chi connectivity index (χ0v) is 15.2. The fourth-order valence-corrected chi connectivity index (χ4v) is 2.19. The zero-order valence-electron chi connectivity index (χ0n) is 14.4. The summed E-state index contributed by atoms with van der Waals surface area (Å²) in [6, 6.07) is 7.73. The van der Waals surface area contributed by atoms with Crippen molar-refractivity contribution in [3.8, 4) is 17.2 Å². The maximum Gasteiger partial charge on any atom is 0.307 e. The Bertz CT molecular complexity index is 983. The molecule has 1 atom stereocenters. The lowest BCUT2D eigenvalue weighted by molar-refractivity contribution is -0.121. The van der Waals surface area contributed by atoms with E-state index in [0.29, 0.717) is 5.89 Å². The molecule has 0 saturated heterocycles. The standard InChI is InChI=1S/C10H10N2O2S.C7H2F4O2/c1-7-3-5-8(6-4-7)9-11-12-10(14-9)15(2)13;8-3-1-4(9)6(11)7(5(3)10)13-2-12/h3-6H,1-2H3;1-2H. The third kappa shape index (κ3) is 5.00. The summed E-state index contributed by atoms with van der Waals surface area (Å²) >= 11 is 0. The van der Waals surface area contributed by atoms with Crippen molar-refractivity contribution in [3.63, 3.8) is 0 Å². The summed E-state index contributed by atoms with van der Waals surface area (Å²) in [4.78, 5) is 9.70. The number of hydrogen-bond acceptors (Lipinski definition) is 6. The van der Waals surface area contributed by atoms with Crippen LogP contribution in [0.25, 0.3) is 11.5 Å². The Labute approximate surface area is 158 Å². The minimum absolute atomic E-state index is 0.0162. The normalized spacial score (nSPS) is 11.4. The quantitative estimate of drug-likeness (QED) is 0.368. The van der Waals surface area contributed by atoms with Crippen molar-refractivity contribution in [1.29, 1.82) is 0 Å². The van der Waals surface area contributed by atoms with Gasteiger partial charge in [-0.15, -0.1) is 5.10 Å².